The maximum Gasteiger partial charge on any atom is 0.410 e. The number of likely N-dealkylation sites (tertiary alicyclic amines) is 1. The molecule has 1 saturated heterocycles. The summed E-state index contributed by atoms with van der Waals surface area (Å²) in [4.78, 5) is 52.0. The van der Waals surface area contributed by atoms with Gasteiger partial charge in [0.2, 0.25) is 0 Å². The van der Waals surface area contributed by atoms with Crippen LogP contribution in [-0.2, 0) is 14.9 Å². The van der Waals surface area contributed by atoms with Crippen molar-refractivity contribution in [2.24, 2.45) is 11.3 Å². The van der Waals surface area contributed by atoms with Crippen molar-refractivity contribution >= 4 is 35.5 Å². The lowest BCUT2D eigenvalue weighted by atomic mass is 9.79. The van der Waals surface area contributed by atoms with E-state index in [2.05, 4.69) is 10.3 Å². The number of carbonyl (C=O) groups is 3. The van der Waals surface area contributed by atoms with Crippen molar-refractivity contribution in [3.63, 3.8) is 0 Å². The fraction of sp³-hybridized carbons (Fsp3) is 0.750. The summed E-state index contributed by atoms with van der Waals surface area (Å²) in [5, 5.41) is 13.4. The number of hydrogen-bond acceptors (Lipinski definition) is 8. The third-order valence-electron chi connectivity index (χ3n) is 6.38. The van der Waals surface area contributed by atoms with Crippen molar-refractivity contribution in [1.29, 1.82) is 0 Å². The van der Waals surface area contributed by atoms with Crippen LogP contribution in [0, 0.1) is 11.3 Å². The molecule has 10 nitrogen and oxygen atoms in total. The van der Waals surface area contributed by atoms with E-state index in [9.17, 15) is 19.5 Å². The Balaban J connectivity index is 2.54. The minimum Gasteiger partial charge on any atom is -0.481 e. The zero-order valence-electron chi connectivity index (χ0n) is 25.3. The highest BCUT2D eigenvalue weighted by Gasteiger charge is 2.47. The number of anilines is 1. The summed E-state index contributed by atoms with van der Waals surface area (Å²) in [5.41, 5.74) is -1.96. The van der Waals surface area contributed by atoms with E-state index in [0.29, 0.717) is 30.3 Å². The van der Waals surface area contributed by atoms with Gasteiger partial charge in [-0.2, -0.15) is 11.8 Å². The van der Waals surface area contributed by atoms with Crippen LogP contribution in [0.2, 0.25) is 0 Å². The molecule has 1 fully saturated rings. The number of amides is 2. The van der Waals surface area contributed by atoms with E-state index in [-0.39, 0.29) is 36.8 Å². The number of hydrogen-bond donors (Lipinski definition) is 2. The Bertz CT molecular complexity index is 1040. The van der Waals surface area contributed by atoms with Crippen LogP contribution in [0.4, 0.5) is 10.6 Å². The molecule has 0 unspecified atom stereocenters. The summed E-state index contributed by atoms with van der Waals surface area (Å²) in [7, 11) is 0. The summed E-state index contributed by atoms with van der Waals surface area (Å²) >= 11 is 1.69. The predicted octanol–water partition coefficient (Wildman–Crippen LogP) is 4.75. The monoisotopic (exact) mass is 565 g/mol. The molecule has 2 rings (SSSR count). The Kier molecular flexibility index (Phi) is 10.7. The Morgan fingerprint density at radius 3 is 2.41 bits per heavy atom. The van der Waals surface area contributed by atoms with Gasteiger partial charge in [-0.1, -0.05) is 34.6 Å². The predicted molar refractivity (Wildman–Crippen MR) is 155 cm³/mol. The van der Waals surface area contributed by atoms with Crippen LogP contribution < -0.4 is 5.32 Å². The van der Waals surface area contributed by atoms with E-state index in [1.165, 1.54) is 4.90 Å². The summed E-state index contributed by atoms with van der Waals surface area (Å²) < 4.78 is 5.58. The number of thioether (sulfide) groups is 1. The molecule has 1 aliphatic heterocycles. The molecule has 220 valence electrons. The van der Waals surface area contributed by atoms with E-state index in [0.717, 1.165) is 5.75 Å². The van der Waals surface area contributed by atoms with E-state index in [1.807, 2.05) is 40.9 Å². The lowest BCUT2D eigenvalue weighted by Crippen LogP contribution is -2.60. The van der Waals surface area contributed by atoms with Gasteiger partial charge in [0.15, 0.2) is 0 Å². The molecule has 1 aromatic heterocycles. The fourth-order valence-corrected chi connectivity index (χ4v) is 4.78. The van der Waals surface area contributed by atoms with Gasteiger partial charge in [0.25, 0.3) is 5.91 Å². The minimum atomic E-state index is -1.25. The lowest BCUT2D eigenvalue weighted by molar-refractivity contribution is -0.152. The Morgan fingerprint density at radius 2 is 1.90 bits per heavy atom. The normalized spacial score (nSPS) is 20.1. The van der Waals surface area contributed by atoms with Crippen LogP contribution in [0.15, 0.2) is 6.20 Å². The van der Waals surface area contributed by atoms with Gasteiger partial charge >= 0.3 is 12.1 Å². The number of rotatable bonds is 9. The highest BCUT2D eigenvalue weighted by molar-refractivity contribution is 7.98. The summed E-state index contributed by atoms with van der Waals surface area (Å²) in [6.07, 6.45) is 3.19. The first-order valence-corrected chi connectivity index (χ1v) is 14.9. The number of nitrogens with zero attached hydrogens (tertiary/aromatic N) is 4. The van der Waals surface area contributed by atoms with Crippen LogP contribution in [0.1, 0.15) is 84.9 Å². The van der Waals surface area contributed by atoms with Crippen molar-refractivity contribution in [2.45, 2.75) is 85.8 Å². The summed E-state index contributed by atoms with van der Waals surface area (Å²) in [6, 6.07) is -0.538. The second kappa shape index (κ2) is 12.7. The Morgan fingerprint density at radius 1 is 1.26 bits per heavy atom. The van der Waals surface area contributed by atoms with E-state index >= 15 is 0 Å². The molecule has 2 N–H and O–H groups in total. The van der Waals surface area contributed by atoms with Gasteiger partial charge in [-0.15, -0.1) is 0 Å². The summed E-state index contributed by atoms with van der Waals surface area (Å²) in [6.45, 7) is 18.2. The average molecular weight is 566 g/mol. The molecule has 0 saturated carbocycles. The number of ether oxygens (including phenoxy) is 1. The number of carbonyl (C=O) groups excluding carboxylic acids is 2. The molecular weight excluding hydrogens is 518 g/mol. The Hall–Kier alpha value is -2.56. The number of carboxylic acid groups (broad SMARTS) is 1. The minimum absolute atomic E-state index is 0.00232. The first-order chi connectivity index (χ1) is 17.9. The van der Waals surface area contributed by atoms with Gasteiger partial charge in [0, 0.05) is 43.5 Å². The molecule has 0 aliphatic carbocycles. The number of aromatic nitrogens is 2. The first kappa shape index (κ1) is 32.7. The van der Waals surface area contributed by atoms with Gasteiger partial charge in [-0.25, -0.2) is 14.8 Å². The van der Waals surface area contributed by atoms with Crippen LogP contribution >= 0.6 is 11.8 Å². The third-order valence-corrected chi connectivity index (χ3v) is 6.99. The molecule has 39 heavy (non-hydrogen) atoms. The number of carboxylic acids is 1. The smallest absolute Gasteiger partial charge is 0.410 e. The zero-order valence-corrected chi connectivity index (χ0v) is 26.1. The van der Waals surface area contributed by atoms with Gasteiger partial charge in [0.1, 0.15) is 22.8 Å². The number of piperidine rings is 1. The highest BCUT2D eigenvalue weighted by Crippen LogP contribution is 2.34. The molecule has 1 aliphatic rings. The summed E-state index contributed by atoms with van der Waals surface area (Å²) in [5.74, 6) is 0.707. The van der Waals surface area contributed by atoms with Gasteiger partial charge in [-0.05, 0) is 46.3 Å². The second-order valence-electron chi connectivity index (χ2n) is 13.1. The number of nitrogens with one attached hydrogen (secondary N) is 1. The maximum absolute atomic E-state index is 14.2. The second-order valence-corrected chi connectivity index (χ2v) is 14.0. The van der Waals surface area contributed by atoms with Crippen molar-refractivity contribution in [2.75, 3.05) is 43.5 Å². The van der Waals surface area contributed by atoms with Crippen molar-refractivity contribution in [1.82, 2.24) is 19.8 Å². The molecule has 11 heteroatoms. The van der Waals surface area contributed by atoms with Crippen molar-refractivity contribution in [3.8, 4) is 0 Å². The van der Waals surface area contributed by atoms with E-state index in [1.54, 1.807) is 50.6 Å². The molecule has 0 bridgehead atoms. The molecule has 2 heterocycles. The van der Waals surface area contributed by atoms with Gasteiger partial charge in [0.05, 0.1) is 11.5 Å². The molecule has 2 amide bonds. The molecule has 0 aromatic carbocycles. The zero-order chi connectivity index (χ0) is 29.8. The van der Waals surface area contributed by atoms with E-state index in [4.69, 9.17) is 9.72 Å². The van der Waals surface area contributed by atoms with Crippen LogP contribution in [-0.4, -0.2) is 92.7 Å². The third kappa shape index (κ3) is 8.98. The Labute approximate surface area is 237 Å². The van der Waals surface area contributed by atoms with Crippen molar-refractivity contribution in [3.05, 3.63) is 17.6 Å². The molecular formula is C28H47N5O5S. The topological polar surface area (TPSA) is 125 Å². The molecule has 1 aromatic rings. The number of aliphatic carboxylic acids is 1. The maximum atomic E-state index is 14.2. The highest BCUT2D eigenvalue weighted by atomic mass is 32.2. The molecule has 0 radical (unpaired) electrons. The standard InChI is InChI=1S/C28H47N5O5S/c1-18(2)15-33(19-13-28(9,24(35)36)17-32(16-19)25(37)38-27(6,7)8)22(34)20-14-30-23(26(3,4)5)31-21(20)29-11-12-39-10/h14,18-19H,11-13,15-17H2,1-10H3,(H,35,36)(H,29,30,31)/t19-,28+/m0/s1. The quantitative estimate of drug-likeness (QED) is 0.408. The largest absolute Gasteiger partial charge is 0.481 e. The fourth-order valence-electron chi connectivity index (χ4n) is 4.47. The van der Waals surface area contributed by atoms with Crippen LogP contribution in [0.3, 0.4) is 0 Å². The van der Waals surface area contributed by atoms with E-state index < -0.39 is 29.1 Å². The molecule has 2 atom stereocenters. The molecule has 0 spiro atoms. The van der Waals surface area contributed by atoms with Gasteiger partial charge in [-0.3, -0.25) is 9.59 Å². The van der Waals surface area contributed by atoms with Crippen LogP contribution in [0.25, 0.3) is 0 Å². The van der Waals surface area contributed by atoms with Crippen LogP contribution in [0.5, 0.6) is 0 Å². The average Bonchev–Trinajstić information content (AvgIpc) is 2.80. The van der Waals surface area contributed by atoms with Crippen molar-refractivity contribution < 1.29 is 24.2 Å². The SMILES string of the molecule is CSCCNc1nc(C(C)(C)C)ncc1C(=O)N(CC(C)C)[C@@H]1CN(C(=O)OC(C)(C)C)C[C@](C)(C(=O)O)C1. The lowest BCUT2D eigenvalue weighted by Gasteiger charge is -2.46. The van der Waals surface area contributed by atoms with Gasteiger partial charge < -0.3 is 25.0 Å². The first-order valence-electron chi connectivity index (χ1n) is 13.5.